The average molecular weight is 301 g/mol. The van der Waals surface area contributed by atoms with Gasteiger partial charge < -0.3 is 24.2 Å². The van der Waals surface area contributed by atoms with E-state index in [1.165, 1.54) is 12.0 Å². The number of carboxylic acid groups (broad SMARTS) is 1. The first kappa shape index (κ1) is 15.7. The van der Waals surface area contributed by atoms with E-state index < -0.39 is 35.6 Å². The smallest absolute Gasteiger partial charge is 0.326 e. The fraction of sp³-hybridized carbons (Fsp3) is 0.769. The number of esters is 1. The molecule has 1 spiro atoms. The summed E-state index contributed by atoms with van der Waals surface area (Å²) in [6.45, 7) is 2.39. The molecule has 1 N–H and O–H groups in total. The van der Waals surface area contributed by atoms with E-state index in [0.717, 1.165) is 0 Å². The molecule has 0 saturated carbocycles. The van der Waals surface area contributed by atoms with Crippen LogP contribution in [-0.4, -0.2) is 66.5 Å². The van der Waals surface area contributed by atoms with Crippen LogP contribution in [0, 0.1) is 5.92 Å². The fourth-order valence-electron chi connectivity index (χ4n) is 2.70. The van der Waals surface area contributed by atoms with Crippen LogP contribution >= 0.6 is 0 Å². The third-order valence-corrected chi connectivity index (χ3v) is 3.80. The zero-order chi connectivity index (χ0) is 15.6. The molecule has 0 aromatic carbocycles. The lowest BCUT2D eigenvalue weighted by Crippen LogP contribution is -2.44. The average Bonchev–Trinajstić information content (AvgIpc) is 3.05. The van der Waals surface area contributed by atoms with E-state index in [-0.39, 0.29) is 19.4 Å². The number of aliphatic carboxylic acids is 1. The van der Waals surface area contributed by atoms with Crippen LogP contribution in [0.4, 0.5) is 0 Å². The van der Waals surface area contributed by atoms with E-state index in [9.17, 15) is 19.5 Å². The second-order valence-corrected chi connectivity index (χ2v) is 5.31. The van der Waals surface area contributed by atoms with Gasteiger partial charge in [0.25, 0.3) is 0 Å². The molecule has 8 nitrogen and oxygen atoms in total. The number of carboxylic acids is 1. The second-order valence-electron chi connectivity index (χ2n) is 5.31. The third kappa shape index (κ3) is 3.16. The quantitative estimate of drug-likeness (QED) is 0.706. The van der Waals surface area contributed by atoms with Crippen molar-refractivity contribution in [1.29, 1.82) is 0 Å². The summed E-state index contributed by atoms with van der Waals surface area (Å²) in [7, 11) is 1.24. The molecule has 21 heavy (non-hydrogen) atoms. The predicted octanol–water partition coefficient (Wildman–Crippen LogP) is -0.386. The van der Waals surface area contributed by atoms with Gasteiger partial charge in [0.15, 0.2) is 5.79 Å². The Morgan fingerprint density at radius 2 is 2.00 bits per heavy atom. The van der Waals surface area contributed by atoms with Crippen molar-refractivity contribution in [2.45, 2.75) is 31.6 Å². The Morgan fingerprint density at radius 3 is 2.52 bits per heavy atom. The Bertz CT molecular complexity index is 444. The first-order valence-electron chi connectivity index (χ1n) is 6.76. The molecule has 0 aliphatic carbocycles. The lowest BCUT2D eigenvalue weighted by Gasteiger charge is -2.25. The maximum absolute atomic E-state index is 12.4. The number of hydrogen-bond donors (Lipinski definition) is 1. The molecule has 0 bridgehead atoms. The summed E-state index contributed by atoms with van der Waals surface area (Å²) in [5.41, 5.74) is 0. The van der Waals surface area contributed by atoms with Crippen molar-refractivity contribution in [2.24, 2.45) is 5.92 Å². The van der Waals surface area contributed by atoms with Crippen LogP contribution in [0.5, 0.6) is 0 Å². The summed E-state index contributed by atoms with van der Waals surface area (Å²) in [5, 5.41) is 9.29. The summed E-state index contributed by atoms with van der Waals surface area (Å²) in [6, 6.07) is -1.00. The molecule has 1 unspecified atom stereocenters. The summed E-state index contributed by atoms with van der Waals surface area (Å²) in [6.07, 6.45) is 0.00586. The second kappa shape index (κ2) is 5.98. The molecule has 1 amide bonds. The van der Waals surface area contributed by atoms with E-state index in [0.29, 0.717) is 13.2 Å². The molecule has 2 fully saturated rings. The van der Waals surface area contributed by atoms with Crippen molar-refractivity contribution in [1.82, 2.24) is 4.90 Å². The van der Waals surface area contributed by atoms with Crippen LogP contribution in [0.2, 0.25) is 0 Å². The van der Waals surface area contributed by atoms with E-state index >= 15 is 0 Å². The number of rotatable bonds is 4. The molecule has 2 rings (SSSR count). The third-order valence-electron chi connectivity index (χ3n) is 3.80. The van der Waals surface area contributed by atoms with Gasteiger partial charge in [-0.2, -0.15) is 0 Å². The van der Waals surface area contributed by atoms with Crippen LogP contribution in [0.15, 0.2) is 0 Å². The van der Waals surface area contributed by atoms with Gasteiger partial charge in [0, 0.05) is 12.3 Å². The highest BCUT2D eigenvalue weighted by molar-refractivity contribution is 5.88. The largest absolute Gasteiger partial charge is 0.480 e. The highest BCUT2D eigenvalue weighted by Gasteiger charge is 2.53. The van der Waals surface area contributed by atoms with Gasteiger partial charge in [-0.1, -0.05) is 6.92 Å². The molecule has 2 aliphatic rings. The maximum atomic E-state index is 12.4. The number of amides is 1. The lowest BCUT2D eigenvalue weighted by molar-refractivity contribution is -0.155. The van der Waals surface area contributed by atoms with Gasteiger partial charge in [-0.25, -0.2) is 4.79 Å². The van der Waals surface area contributed by atoms with E-state index in [2.05, 4.69) is 4.74 Å². The molecule has 0 aromatic rings. The normalized spacial score (nSPS) is 25.0. The Hall–Kier alpha value is -1.67. The van der Waals surface area contributed by atoms with Crippen molar-refractivity contribution < 1.29 is 33.7 Å². The number of methoxy groups -OCH3 is 1. The van der Waals surface area contributed by atoms with Crippen LogP contribution < -0.4 is 0 Å². The van der Waals surface area contributed by atoms with Gasteiger partial charge >= 0.3 is 11.9 Å². The minimum atomic E-state index is -1.11. The molecular weight excluding hydrogens is 282 g/mol. The first-order chi connectivity index (χ1) is 9.88. The van der Waals surface area contributed by atoms with E-state index in [1.807, 2.05) is 0 Å². The van der Waals surface area contributed by atoms with Gasteiger partial charge in [0.1, 0.15) is 6.04 Å². The minimum absolute atomic E-state index is 0.0638. The SMILES string of the molecule is COC(=O)CC(C)C(=O)N1CC2(C[C@H]1C(=O)O)OCCO2. The molecule has 0 radical (unpaired) electrons. The summed E-state index contributed by atoms with van der Waals surface area (Å²) in [4.78, 5) is 36.2. The highest BCUT2D eigenvalue weighted by Crippen LogP contribution is 2.35. The van der Waals surface area contributed by atoms with Gasteiger partial charge in [0.2, 0.25) is 5.91 Å². The van der Waals surface area contributed by atoms with Crippen LogP contribution in [0.1, 0.15) is 19.8 Å². The minimum Gasteiger partial charge on any atom is -0.480 e. The van der Waals surface area contributed by atoms with Crippen LogP contribution in [-0.2, 0) is 28.6 Å². The zero-order valence-corrected chi connectivity index (χ0v) is 12.0. The number of carbonyl (C=O) groups excluding carboxylic acids is 2. The van der Waals surface area contributed by atoms with Crippen LogP contribution in [0.3, 0.4) is 0 Å². The lowest BCUT2D eigenvalue weighted by atomic mass is 10.1. The molecular formula is C13H19NO7. The fourth-order valence-corrected chi connectivity index (χ4v) is 2.70. The van der Waals surface area contributed by atoms with Crippen molar-refractivity contribution in [2.75, 3.05) is 26.9 Å². The number of carbonyl (C=O) groups is 3. The van der Waals surface area contributed by atoms with Crippen molar-refractivity contribution in [3.63, 3.8) is 0 Å². The van der Waals surface area contributed by atoms with Crippen molar-refractivity contribution in [3.05, 3.63) is 0 Å². The molecule has 2 saturated heterocycles. The Labute approximate surface area is 121 Å². The maximum Gasteiger partial charge on any atom is 0.326 e. The molecule has 118 valence electrons. The highest BCUT2D eigenvalue weighted by atomic mass is 16.7. The van der Waals surface area contributed by atoms with E-state index in [1.54, 1.807) is 6.92 Å². The Kier molecular flexibility index (Phi) is 4.48. The molecule has 2 atom stereocenters. The van der Waals surface area contributed by atoms with E-state index in [4.69, 9.17) is 9.47 Å². The summed E-state index contributed by atoms with van der Waals surface area (Å²) in [5.74, 6) is -3.71. The zero-order valence-electron chi connectivity index (χ0n) is 12.0. The van der Waals surface area contributed by atoms with Gasteiger partial charge in [-0.3, -0.25) is 9.59 Å². The monoisotopic (exact) mass is 301 g/mol. The number of ether oxygens (including phenoxy) is 3. The topological polar surface area (TPSA) is 102 Å². The van der Waals surface area contributed by atoms with Crippen molar-refractivity contribution in [3.8, 4) is 0 Å². The molecule has 2 heterocycles. The Balaban J connectivity index is 2.10. The number of hydrogen-bond acceptors (Lipinski definition) is 6. The Morgan fingerprint density at radius 1 is 1.38 bits per heavy atom. The predicted molar refractivity (Wildman–Crippen MR) is 68.2 cm³/mol. The van der Waals surface area contributed by atoms with Gasteiger partial charge in [0.05, 0.1) is 33.3 Å². The first-order valence-corrected chi connectivity index (χ1v) is 6.76. The molecule has 0 aromatic heterocycles. The van der Waals surface area contributed by atoms with Gasteiger partial charge in [-0.05, 0) is 0 Å². The standard InChI is InChI=1S/C13H19NO7/c1-8(5-10(15)19-2)11(16)14-7-13(20-3-4-21-13)6-9(14)12(17)18/h8-9H,3-7H2,1-2H3,(H,17,18)/t8?,9-/m0/s1. The number of likely N-dealkylation sites (tertiary alicyclic amines) is 1. The van der Waals surface area contributed by atoms with Crippen LogP contribution in [0.25, 0.3) is 0 Å². The number of nitrogens with zero attached hydrogens (tertiary/aromatic N) is 1. The van der Waals surface area contributed by atoms with Crippen molar-refractivity contribution >= 4 is 17.8 Å². The summed E-state index contributed by atoms with van der Waals surface area (Å²) >= 11 is 0. The summed E-state index contributed by atoms with van der Waals surface area (Å²) < 4.78 is 15.5. The van der Waals surface area contributed by atoms with Gasteiger partial charge in [-0.15, -0.1) is 0 Å². The molecule has 8 heteroatoms. The molecule has 2 aliphatic heterocycles.